The summed E-state index contributed by atoms with van der Waals surface area (Å²) in [7, 11) is -2.26. The number of hydrogen-bond donors (Lipinski definition) is 0. The van der Waals surface area contributed by atoms with E-state index in [-0.39, 0.29) is 10.6 Å². The van der Waals surface area contributed by atoms with Crippen molar-refractivity contribution in [1.29, 1.82) is 0 Å². The smallest absolute Gasteiger partial charge is 0.220 e. The number of ketones is 1. The second-order valence-corrected chi connectivity index (χ2v) is 3.25. The van der Waals surface area contributed by atoms with Crippen molar-refractivity contribution in [1.82, 2.24) is 0 Å². The molecule has 0 bridgehead atoms. The largest absolute Gasteiger partial charge is 0.293 e. The van der Waals surface area contributed by atoms with Crippen LogP contribution in [0, 0.1) is 0 Å². The summed E-state index contributed by atoms with van der Waals surface area (Å²) in [6.07, 6.45) is 2.51. The highest BCUT2D eigenvalue weighted by atomic mass is 32.2. The molecule has 3 nitrogen and oxygen atoms in total. The molecular formula is C6H8O3S. The van der Waals surface area contributed by atoms with Crippen molar-refractivity contribution in [2.75, 3.05) is 0 Å². The summed E-state index contributed by atoms with van der Waals surface area (Å²) >= 11 is 0. The van der Waals surface area contributed by atoms with Gasteiger partial charge in [-0.3, -0.25) is 4.79 Å². The van der Waals surface area contributed by atoms with E-state index in [4.69, 9.17) is 0 Å². The molecule has 1 fully saturated rings. The van der Waals surface area contributed by atoms with Crippen molar-refractivity contribution in [2.24, 2.45) is 0 Å². The SMILES string of the molecule is O=C1CCCCC1=S(=O)=O. The van der Waals surface area contributed by atoms with E-state index in [0.29, 0.717) is 12.8 Å². The average molecular weight is 160 g/mol. The Labute approximate surface area is 60.6 Å². The normalized spacial score (nSPS) is 19.2. The molecule has 0 N–H and O–H groups in total. The van der Waals surface area contributed by atoms with Crippen LogP contribution in [0.1, 0.15) is 25.7 Å². The standard InChI is InChI=1S/C6H8O3S/c7-5-3-1-2-4-6(5)10(8)9/h1-4H2. The van der Waals surface area contributed by atoms with E-state index in [0.717, 1.165) is 12.8 Å². The topological polar surface area (TPSA) is 51.2 Å². The van der Waals surface area contributed by atoms with Crippen molar-refractivity contribution in [2.45, 2.75) is 25.7 Å². The molecule has 1 aliphatic carbocycles. The second kappa shape index (κ2) is 2.96. The number of carbonyl (C=O) groups is 1. The zero-order chi connectivity index (χ0) is 7.56. The fourth-order valence-corrected chi connectivity index (χ4v) is 1.63. The predicted octanol–water partition coefficient (Wildman–Crippen LogP) is 0.181. The maximum absolute atomic E-state index is 10.8. The van der Waals surface area contributed by atoms with Crippen LogP contribution in [0.15, 0.2) is 0 Å². The van der Waals surface area contributed by atoms with Crippen LogP contribution in [0.25, 0.3) is 0 Å². The fraction of sp³-hybridized carbons (Fsp3) is 0.667. The molecule has 0 aliphatic heterocycles. The molecule has 0 aromatic rings. The first kappa shape index (κ1) is 7.47. The van der Waals surface area contributed by atoms with Gasteiger partial charge in [-0.2, -0.15) is 8.42 Å². The van der Waals surface area contributed by atoms with Crippen molar-refractivity contribution < 1.29 is 13.2 Å². The molecule has 0 saturated heterocycles. The maximum Gasteiger partial charge on any atom is 0.220 e. The fourth-order valence-electron chi connectivity index (χ4n) is 1.03. The average Bonchev–Trinajstić information content (AvgIpc) is 1.88. The van der Waals surface area contributed by atoms with Gasteiger partial charge in [0, 0.05) is 6.42 Å². The molecule has 0 aromatic heterocycles. The lowest BCUT2D eigenvalue weighted by Gasteiger charge is -2.06. The number of carbonyl (C=O) groups excluding carboxylic acids is 1. The number of rotatable bonds is 0. The molecule has 1 rings (SSSR count). The van der Waals surface area contributed by atoms with Gasteiger partial charge in [0.15, 0.2) is 5.78 Å². The van der Waals surface area contributed by atoms with Gasteiger partial charge in [0.1, 0.15) is 4.86 Å². The van der Waals surface area contributed by atoms with Crippen molar-refractivity contribution >= 4 is 20.9 Å². The van der Waals surface area contributed by atoms with Gasteiger partial charge in [-0.25, -0.2) is 0 Å². The summed E-state index contributed by atoms with van der Waals surface area (Å²) in [5, 5.41) is 0. The lowest BCUT2D eigenvalue weighted by atomic mass is 9.99. The van der Waals surface area contributed by atoms with E-state index in [1.807, 2.05) is 0 Å². The third kappa shape index (κ3) is 1.44. The Kier molecular flexibility index (Phi) is 2.21. The third-order valence-corrected chi connectivity index (χ3v) is 2.40. The molecule has 0 aromatic carbocycles. The summed E-state index contributed by atoms with van der Waals surface area (Å²) in [6, 6.07) is 0. The van der Waals surface area contributed by atoms with Crippen LogP contribution >= 0.6 is 0 Å². The lowest BCUT2D eigenvalue weighted by Crippen LogP contribution is -2.19. The Morgan fingerprint density at radius 3 is 2.10 bits per heavy atom. The van der Waals surface area contributed by atoms with Gasteiger partial charge < -0.3 is 0 Å². The quantitative estimate of drug-likeness (QED) is 0.475. The van der Waals surface area contributed by atoms with E-state index < -0.39 is 10.3 Å². The molecule has 10 heavy (non-hydrogen) atoms. The highest BCUT2D eigenvalue weighted by molar-refractivity contribution is 7.74. The van der Waals surface area contributed by atoms with Gasteiger partial charge >= 0.3 is 0 Å². The minimum Gasteiger partial charge on any atom is -0.293 e. The summed E-state index contributed by atoms with van der Waals surface area (Å²) in [4.78, 5) is 10.9. The van der Waals surface area contributed by atoms with Gasteiger partial charge in [-0.15, -0.1) is 0 Å². The van der Waals surface area contributed by atoms with Gasteiger partial charge in [0.2, 0.25) is 10.3 Å². The predicted molar refractivity (Wildman–Crippen MR) is 37.4 cm³/mol. The molecule has 56 valence electrons. The highest BCUT2D eigenvalue weighted by Gasteiger charge is 2.17. The Bertz CT molecular complexity index is 265. The summed E-state index contributed by atoms with van der Waals surface area (Å²) in [5.41, 5.74) is 0. The molecule has 0 unspecified atom stereocenters. The van der Waals surface area contributed by atoms with Gasteiger partial charge in [-0.1, -0.05) is 0 Å². The monoisotopic (exact) mass is 160 g/mol. The first-order valence-corrected chi connectivity index (χ1v) is 4.27. The van der Waals surface area contributed by atoms with E-state index in [2.05, 4.69) is 0 Å². The highest BCUT2D eigenvalue weighted by Crippen LogP contribution is 2.10. The molecule has 1 saturated carbocycles. The van der Waals surface area contributed by atoms with Crippen molar-refractivity contribution in [3.63, 3.8) is 0 Å². The maximum atomic E-state index is 10.8. The molecule has 0 radical (unpaired) electrons. The minimum atomic E-state index is -2.26. The first-order chi connectivity index (χ1) is 4.72. The summed E-state index contributed by atoms with van der Waals surface area (Å²) in [5.74, 6) is -0.195. The first-order valence-electron chi connectivity index (χ1n) is 3.20. The van der Waals surface area contributed by atoms with Crippen LogP contribution < -0.4 is 0 Å². The van der Waals surface area contributed by atoms with Crippen LogP contribution in [0.3, 0.4) is 0 Å². The third-order valence-electron chi connectivity index (χ3n) is 1.57. The molecule has 0 heterocycles. The summed E-state index contributed by atoms with van der Waals surface area (Å²) < 4.78 is 20.6. The van der Waals surface area contributed by atoms with Crippen molar-refractivity contribution in [3.8, 4) is 0 Å². The van der Waals surface area contributed by atoms with E-state index in [1.165, 1.54) is 0 Å². The Hall–Kier alpha value is -0.640. The molecule has 0 amide bonds. The Morgan fingerprint density at radius 1 is 1.10 bits per heavy atom. The Morgan fingerprint density at radius 2 is 1.70 bits per heavy atom. The minimum absolute atomic E-state index is 0.0891. The zero-order valence-corrected chi connectivity index (χ0v) is 6.28. The molecule has 4 heteroatoms. The number of hydrogen-bond acceptors (Lipinski definition) is 3. The van der Waals surface area contributed by atoms with Crippen molar-refractivity contribution in [3.05, 3.63) is 0 Å². The second-order valence-electron chi connectivity index (χ2n) is 2.29. The van der Waals surface area contributed by atoms with Crippen LogP contribution in [0.5, 0.6) is 0 Å². The van der Waals surface area contributed by atoms with Crippen LogP contribution in [-0.2, 0) is 15.1 Å². The van der Waals surface area contributed by atoms with Gasteiger partial charge in [0.05, 0.1) is 0 Å². The zero-order valence-electron chi connectivity index (χ0n) is 5.46. The molecular weight excluding hydrogens is 152 g/mol. The van der Waals surface area contributed by atoms with E-state index >= 15 is 0 Å². The van der Waals surface area contributed by atoms with Gasteiger partial charge in [0.25, 0.3) is 0 Å². The van der Waals surface area contributed by atoms with E-state index in [1.54, 1.807) is 0 Å². The van der Waals surface area contributed by atoms with Gasteiger partial charge in [-0.05, 0) is 19.3 Å². The lowest BCUT2D eigenvalue weighted by molar-refractivity contribution is -0.113. The van der Waals surface area contributed by atoms with Crippen LogP contribution in [0.2, 0.25) is 0 Å². The van der Waals surface area contributed by atoms with Crippen LogP contribution in [-0.4, -0.2) is 19.1 Å². The summed E-state index contributed by atoms with van der Waals surface area (Å²) in [6.45, 7) is 0. The van der Waals surface area contributed by atoms with E-state index in [9.17, 15) is 13.2 Å². The number of Topliss-reactive ketones (excluding diaryl/α,β-unsaturated/α-hetero) is 1. The molecule has 0 spiro atoms. The molecule has 0 atom stereocenters. The Balaban J connectivity index is 2.97. The molecule has 1 aliphatic rings. The van der Waals surface area contributed by atoms with Crippen LogP contribution in [0.4, 0.5) is 0 Å².